The number of hydrogen-bond acceptors (Lipinski definition) is 4. The maximum absolute atomic E-state index is 12.4. The number of carbonyl (C=O) groups excluding carboxylic acids is 2. The van der Waals surface area contributed by atoms with Gasteiger partial charge in [-0.2, -0.15) is 0 Å². The van der Waals surface area contributed by atoms with Crippen LogP contribution in [0.1, 0.15) is 32.8 Å². The molecule has 0 atom stereocenters. The molecule has 0 saturated carbocycles. The van der Waals surface area contributed by atoms with Crippen LogP contribution >= 0.6 is 11.6 Å². The summed E-state index contributed by atoms with van der Waals surface area (Å²) >= 11 is 6.15. The van der Waals surface area contributed by atoms with Gasteiger partial charge in [-0.3, -0.25) is 9.59 Å². The van der Waals surface area contributed by atoms with Crippen molar-refractivity contribution >= 4 is 23.5 Å². The summed E-state index contributed by atoms with van der Waals surface area (Å²) in [6.45, 7) is 5.60. The van der Waals surface area contributed by atoms with Crippen molar-refractivity contribution in [2.75, 3.05) is 13.2 Å². The van der Waals surface area contributed by atoms with Crippen molar-refractivity contribution in [2.45, 2.75) is 33.6 Å². The lowest BCUT2D eigenvalue weighted by Crippen LogP contribution is -2.43. The summed E-state index contributed by atoms with van der Waals surface area (Å²) in [6.07, 6.45) is 0.455. The van der Waals surface area contributed by atoms with Gasteiger partial charge < -0.3 is 9.47 Å². The molecule has 21 heavy (non-hydrogen) atoms. The van der Waals surface area contributed by atoms with E-state index in [-0.39, 0.29) is 26.1 Å². The van der Waals surface area contributed by atoms with E-state index in [9.17, 15) is 9.59 Å². The number of carbonyl (C=O) groups is 2. The second kappa shape index (κ2) is 8.03. The molecule has 0 N–H and O–H groups in total. The maximum Gasteiger partial charge on any atom is 0.323 e. The first-order chi connectivity index (χ1) is 10.0. The van der Waals surface area contributed by atoms with E-state index in [1.54, 1.807) is 39.0 Å². The van der Waals surface area contributed by atoms with Crippen LogP contribution in [0.15, 0.2) is 24.3 Å². The van der Waals surface area contributed by atoms with E-state index in [0.717, 1.165) is 5.56 Å². The van der Waals surface area contributed by atoms with Crippen LogP contribution in [-0.2, 0) is 25.5 Å². The third kappa shape index (κ3) is 3.97. The molecule has 0 saturated heterocycles. The molecular weight excluding hydrogens is 292 g/mol. The normalized spacial score (nSPS) is 11.0. The molecule has 0 radical (unpaired) electrons. The SMILES string of the molecule is CCOC(=O)C(CC)(Cc1ccccc1Cl)C(=O)OCC. The van der Waals surface area contributed by atoms with Gasteiger partial charge in [0.15, 0.2) is 5.41 Å². The molecule has 5 heteroatoms. The van der Waals surface area contributed by atoms with Gasteiger partial charge in [-0.1, -0.05) is 36.7 Å². The largest absolute Gasteiger partial charge is 0.465 e. The minimum atomic E-state index is -1.35. The topological polar surface area (TPSA) is 52.6 Å². The van der Waals surface area contributed by atoms with Crippen LogP contribution in [0, 0.1) is 5.41 Å². The molecule has 116 valence electrons. The Kier molecular flexibility index (Phi) is 6.69. The van der Waals surface area contributed by atoms with Crippen LogP contribution in [-0.4, -0.2) is 25.2 Å². The Bertz CT molecular complexity index is 481. The quantitative estimate of drug-likeness (QED) is 0.572. The highest BCUT2D eigenvalue weighted by atomic mass is 35.5. The molecule has 1 rings (SSSR count). The number of hydrogen-bond donors (Lipinski definition) is 0. The van der Waals surface area contributed by atoms with Gasteiger partial charge in [0, 0.05) is 11.4 Å². The lowest BCUT2D eigenvalue weighted by atomic mass is 9.79. The van der Waals surface area contributed by atoms with E-state index in [2.05, 4.69) is 0 Å². The van der Waals surface area contributed by atoms with E-state index < -0.39 is 17.4 Å². The number of rotatable bonds is 7. The van der Waals surface area contributed by atoms with E-state index in [1.165, 1.54) is 0 Å². The second-order valence-electron chi connectivity index (χ2n) is 4.64. The van der Waals surface area contributed by atoms with Gasteiger partial charge >= 0.3 is 11.9 Å². The van der Waals surface area contributed by atoms with Gasteiger partial charge in [-0.25, -0.2) is 0 Å². The van der Waals surface area contributed by atoms with E-state index in [1.807, 2.05) is 6.07 Å². The van der Waals surface area contributed by atoms with Crippen LogP contribution < -0.4 is 0 Å². The molecule has 0 aliphatic heterocycles. The van der Waals surface area contributed by atoms with Crippen LogP contribution in [0.3, 0.4) is 0 Å². The van der Waals surface area contributed by atoms with E-state index in [0.29, 0.717) is 5.02 Å². The summed E-state index contributed by atoms with van der Waals surface area (Å²) < 4.78 is 10.2. The number of esters is 2. The molecule has 0 fully saturated rings. The maximum atomic E-state index is 12.4. The van der Waals surface area contributed by atoms with Crippen LogP contribution in [0.2, 0.25) is 5.02 Å². The molecule has 0 heterocycles. The van der Waals surface area contributed by atoms with Crippen molar-refractivity contribution in [1.29, 1.82) is 0 Å². The molecule has 1 aromatic rings. The lowest BCUT2D eigenvalue weighted by Gasteiger charge is -2.28. The molecular formula is C16H21ClO4. The molecule has 4 nitrogen and oxygen atoms in total. The third-order valence-electron chi connectivity index (χ3n) is 3.39. The smallest absolute Gasteiger partial charge is 0.323 e. The van der Waals surface area contributed by atoms with Crippen LogP contribution in [0.4, 0.5) is 0 Å². The highest BCUT2D eigenvalue weighted by Gasteiger charge is 2.47. The average Bonchev–Trinajstić information content (AvgIpc) is 2.47. The molecule has 0 unspecified atom stereocenters. The van der Waals surface area contributed by atoms with Crippen molar-refractivity contribution < 1.29 is 19.1 Å². The summed E-state index contributed by atoms with van der Waals surface area (Å²) in [6, 6.07) is 7.14. The number of halogens is 1. The zero-order valence-corrected chi connectivity index (χ0v) is 13.4. The number of ether oxygens (including phenoxy) is 2. The standard InChI is InChI=1S/C16H21ClO4/c1-4-16(14(18)20-5-2,15(19)21-6-3)11-12-9-7-8-10-13(12)17/h7-10H,4-6,11H2,1-3H3. The monoisotopic (exact) mass is 312 g/mol. The molecule has 0 bridgehead atoms. The van der Waals surface area contributed by atoms with Crippen molar-refractivity contribution in [3.8, 4) is 0 Å². The third-order valence-corrected chi connectivity index (χ3v) is 3.75. The zero-order valence-electron chi connectivity index (χ0n) is 12.6. The predicted octanol–water partition coefficient (Wildman–Crippen LogP) is 3.41. The van der Waals surface area contributed by atoms with Gasteiger partial charge in [0.05, 0.1) is 13.2 Å². The predicted molar refractivity (Wildman–Crippen MR) is 81.1 cm³/mol. The Morgan fingerprint density at radius 3 is 2.00 bits per heavy atom. The number of benzene rings is 1. The average molecular weight is 313 g/mol. The zero-order chi connectivity index (χ0) is 15.9. The molecule has 0 aromatic heterocycles. The molecule has 0 aliphatic carbocycles. The molecule has 1 aromatic carbocycles. The summed E-state index contributed by atoms with van der Waals surface area (Å²) in [5.74, 6) is -1.13. The fourth-order valence-electron chi connectivity index (χ4n) is 2.15. The fourth-order valence-corrected chi connectivity index (χ4v) is 2.35. The Hall–Kier alpha value is -1.55. The Morgan fingerprint density at radius 1 is 1.05 bits per heavy atom. The Labute approximate surface area is 130 Å². The minimum absolute atomic E-state index is 0.167. The minimum Gasteiger partial charge on any atom is -0.465 e. The van der Waals surface area contributed by atoms with Crippen molar-refractivity contribution in [3.63, 3.8) is 0 Å². The van der Waals surface area contributed by atoms with E-state index >= 15 is 0 Å². The van der Waals surface area contributed by atoms with Gasteiger partial charge in [-0.15, -0.1) is 0 Å². The highest BCUT2D eigenvalue weighted by molar-refractivity contribution is 6.31. The Morgan fingerprint density at radius 2 is 1.57 bits per heavy atom. The van der Waals surface area contributed by atoms with E-state index in [4.69, 9.17) is 21.1 Å². The summed E-state index contributed by atoms with van der Waals surface area (Å²) in [5, 5.41) is 0.518. The first-order valence-corrected chi connectivity index (χ1v) is 7.47. The van der Waals surface area contributed by atoms with Gasteiger partial charge in [-0.05, 0) is 31.9 Å². The van der Waals surface area contributed by atoms with Crippen LogP contribution in [0.25, 0.3) is 0 Å². The molecule has 0 aliphatic rings. The van der Waals surface area contributed by atoms with Crippen LogP contribution in [0.5, 0.6) is 0 Å². The van der Waals surface area contributed by atoms with Crippen molar-refractivity contribution in [3.05, 3.63) is 34.9 Å². The first kappa shape index (κ1) is 17.5. The summed E-state index contributed by atoms with van der Waals surface area (Å²) in [7, 11) is 0. The second-order valence-corrected chi connectivity index (χ2v) is 5.05. The van der Waals surface area contributed by atoms with Crippen molar-refractivity contribution in [2.24, 2.45) is 5.41 Å². The van der Waals surface area contributed by atoms with Gasteiger partial charge in [0.1, 0.15) is 0 Å². The highest BCUT2D eigenvalue weighted by Crippen LogP contribution is 2.33. The summed E-state index contributed by atoms with van der Waals surface area (Å²) in [4.78, 5) is 24.7. The molecule has 0 spiro atoms. The van der Waals surface area contributed by atoms with Gasteiger partial charge in [0.25, 0.3) is 0 Å². The van der Waals surface area contributed by atoms with Gasteiger partial charge in [0.2, 0.25) is 0 Å². The molecule has 0 amide bonds. The fraction of sp³-hybridized carbons (Fsp3) is 0.500. The Balaban J connectivity index is 3.20. The summed E-state index contributed by atoms with van der Waals surface area (Å²) in [5.41, 5.74) is -0.626. The lowest BCUT2D eigenvalue weighted by molar-refractivity contribution is -0.172. The first-order valence-electron chi connectivity index (χ1n) is 7.09. The van der Waals surface area contributed by atoms with Crippen molar-refractivity contribution in [1.82, 2.24) is 0 Å².